The van der Waals surface area contributed by atoms with Crippen molar-refractivity contribution in [2.24, 2.45) is 0 Å². The van der Waals surface area contributed by atoms with Gasteiger partial charge in [0.05, 0.1) is 10.8 Å². The van der Waals surface area contributed by atoms with Crippen LogP contribution in [0.4, 0.5) is 0 Å². The van der Waals surface area contributed by atoms with Gasteiger partial charge in [-0.2, -0.15) is 4.98 Å². The van der Waals surface area contributed by atoms with Gasteiger partial charge in [-0.3, -0.25) is 0 Å². The lowest BCUT2D eigenvalue weighted by Crippen LogP contribution is -2.13. The molecule has 7 nitrogen and oxygen atoms in total. The molecule has 0 bridgehead atoms. The van der Waals surface area contributed by atoms with Crippen LogP contribution >= 0.6 is 11.6 Å². The SMILES string of the molecule is Cc1noc([C@H](C)S(=O)(=O)Cc2cc(Cl)c3c(c2)OCO3)n1. The zero-order chi connectivity index (χ0) is 15.9. The van der Waals surface area contributed by atoms with E-state index in [9.17, 15) is 8.42 Å². The standard InChI is InChI=1S/C13H13ClN2O5S/c1-7(13-15-8(2)16-21-13)22(17,18)5-9-3-10(14)12-11(4-9)19-6-20-12/h3-4,7H,5-6H2,1-2H3/t7-/m0/s1. The van der Waals surface area contributed by atoms with Gasteiger partial charge in [-0.25, -0.2) is 8.42 Å². The van der Waals surface area contributed by atoms with E-state index >= 15 is 0 Å². The summed E-state index contributed by atoms with van der Waals surface area (Å²) >= 11 is 6.06. The highest BCUT2D eigenvalue weighted by molar-refractivity contribution is 7.90. The van der Waals surface area contributed by atoms with Gasteiger partial charge in [-0.05, 0) is 31.5 Å². The summed E-state index contributed by atoms with van der Waals surface area (Å²) in [7, 11) is -3.54. The number of ether oxygens (including phenoxy) is 2. The molecule has 9 heteroatoms. The molecule has 0 N–H and O–H groups in total. The third-order valence-corrected chi connectivity index (χ3v) is 5.58. The van der Waals surface area contributed by atoms with Crippen LogP contribution in [0.3, 0.4) is 0 Å². The highest BCUT2D eigenvalue weighted by Gasteiger charge is 2.29. The van der Waals surface area contributed by atoms with Crippen molar-refractivity contribution in [2.75, 3.05) is 6.79 Å². The molecule has 0 saturated heterocycles. The second kappa shape index (κ2) is 5.44. The summed E-state index contributed by atoms with van der Waals surface area (Å²) in [6, 6.07) is 3.16. The Morgan fingerprint density at radius 1 is 1.36 bits per heavy atom. The van der Waals surface area contributed by atoms with Crippen molar-refractivity contribution >= 4 is 21.4 Å². The molecule has 0 spiro atoms. The Balaban J connectivity index is 1.87. The van der Waals surface area contributed by atoms with Gasteiger partial charge >= 0.3 is 0 Å². The first-order chi connectivity index (χ1) is 10.4. The van der Waals surface area contributed by atoms with Crippen LogP contribution in [0.25, 0.3) is 0 Å². The molecule has 1 aromatic carbocycles. The van der Waals surface area contributed by atoms with E-state index in [0.717, 1.165) is 0 Å². The number of rotatable bonds is 4. The fraction of sp³-hybridized carbons (Fsp3) is 0.385. The van der Waals surface area contributed by atoms with E-state index in [1.807, 2.05) is 0 Å². The van der Waals surface area contributed by atoms with E-state index < -0.39 is 15.1 Å². The number of hydrogen-bond acceptors (Lipinski definition) is 7. The average molecular weight is 345 g/mol. The topological polar surface area (TPSA) is 91.5 Å². The minimum atomic E-state index is -3.54. The van der Waals surface area contributed by atoms with Gasteiger partial charge in [-0.15, -0.1) is 0 Å². The summed E-state index contributed by atoms with van der Waals surface area (Å²) in [5, 5.41) is 3.03. The fourth-order valence-electron chi connectivity index (χ4n) is 2.09. The monoisotopic (exact) mass is 344 g/mol. The lowest BCUT2D eigenvalue weighted by molar-refractivity contribution is 0.174. The minimum Gasteiger partial charge on any atom is -0.454 e. The van der Waals surface area contributed by atoms with Crippen LogP contribution in [-0.4, -0.2) is 25.4 Å². The Kier molecular flexibility index (Phi) is 3.73. The van der Waals surface area contributed by atoms with Gasteiger partial charge in [-0.1, -0.05) is 16.8 Å². The first-order valence-corrected chi connectivity index (χ1v) is 8.56. The van der Waals surface area contributed by atoms with Crippen LogP contribution in [0, 0.1) is 6.92 Å². The molecule has 118 valence electrons. The van der Waals surface area contributed by atoms with Crippen molar-refractivity contribution in [3.63, 3.8) is 0 Å². The van der Waals surface area contributed by atoms with Crippen molar-refractivity contribution in [3.05, 3.63) is 34.4 Å². The van der Waals surface area contributed by atoms with Crippen molar-refractivity contribution in [3.8, 4) is 11.5 Å². The molecule has 1 aromatic heterocycles. The lowest BCUT2D eigenvalue weighted by atomic mass is 10.2. The molecule has 22 heavy (non-hydrogen) atoms. The number of aromatic nitrogens is 2. The summed E-state index contributed by atoms with van der Waals surface area (Å²) in [4.78, 5) is 3.97. The average Bonchev–Trinajstić information content (AvgIpc) is 3.06. The van der Waals surface area contributed by atoms with E-state index in [2.05, 4.69) is 10.1 Å². The number of sulfone groups is 1. The number of aryl methyl sites for hydroxylation is 1. The maximum absolute atomic E-state index is 12.5. The quantitative estimate of drug-likeness (QED) is 0.841. The molecule has 3 rings (SSSR count). The number of fused-ring (bicyclic) bond motifs is 1. The molecule has 1 aliphatic heterocycles. The highest BCUT2D eigenvalue weighted by atomic mass is 35.5. The van der Waals surface area contributed by atoms with Crippen LogP contribution in [0.15, 0.2) is 16.7 Å². The van der Waals surface area contributed by atoms with Crippen molar-refractivity contribution in [1.29, 1.82) is 0 Å². The third kappa shape index (κ3) is 2.76. The minimum absolute atomic E-state index is 0.0723. The molecule has 1 aliphatic rings. The molecule has 0 saturated carbocycles. The predicted octanol–water partition coefficient (Wildman–Crippen LogP) is 2.44. The van der Waals surface area contributed by atoms with E-state index in [1.165, 1.54) is 6.92 Å². The van der Waals surface area contributed by atoms with Gasteiger partial charge in [0.2, 0.25) is 12.7 Å². The molecule has 1 atom stereocenters. The Morgan fingerprint density at radius 3 is 2.82 bits per heavy atom. The van der Waals surface area contributed by atoms with Gasteiger partial charge < -0.3 is 14.0 Å². The van der Waals surface area contributed by atoms with Gasteiger partial charge in [0.25, 0.3) is 0 Å². The molecular weight excluding hydrogens is 332 g/mol. The Hall–Kier alpha value is -1.80. The van der Waals surface area contributed by atoms with Crippen LogP contribution in [0.1, 0.15) is 29.5 Å². The summed E-state index contributed by atoms with van der Waals surface area (Å²) in [5.74, 6) is 1.13. The third-order valence-electron chi connectivity index (χ3n) is 3.28. The van der Waals surface area contributed by atoms with Crippen molar-refractivity contribution in [1.82, 2.24) is 10.1 Å². The first-order valence-electron chi connectivity index (χ1n) is 6.46. The van der Waals surface area contributed by atoms with Crippen molar-refractivity contribution < 1.29 is 22.4 Å². The lowest BCUT2D eigenvalue weighted by Gasteiger charge is -2.10. The summed E-state index contributed by atoms with van der Waals surface area (Å²) in [6.45, 7) is 3.21. The normalized spacial score (nSPS) is 15.0. The molecular formula is C13H13ClN2O5S. The molecule has 2 heterocycles. The summed E-state index contributed by atoms with van der Waals surface area (Å²) < 4.78 is 40.3. The molecule has 0 fully saturated rings. The smallest absolute Gasteiger partial charge is 0.244 e. The molecule has 0 radical (unpaired) electrons. The maximum Gasteiger partial charge on any atom is 0.244 e. The number of halogens is 1. The second-order valence-corrected chi connectivity index (χ2v) is 7.67. The molecule has 0 aliphatic carbocycles. The fourth-order valence-corrected chi connectivity index (χ4v) is 3.67. The number of benzene rings is 1. The van der Waals surface area contributed by atoms with Crippen molar-refractivity contribution in [2.45, 2.75) is 24.9 Å². The van der Waals surface area contributed by atoms with E-state index in [4.69, 9.17) is 25.6 Å². The van der Waals surface area contributed by atoms with Gasteiger partial charge in [0.15, 0.2) is 27.2 Å². The number of nitrogens with zero attached hydrogens (tertiary/aromatic N) is 2. The van der Waals surface area contributed by atoms with E-state index in [1.54, 1.807) is 19.1 Å². The zero-order valence-electron chi connectivity index (χ0n) is 11.9. The Bertz CT molecular complexity index is 818. The van der Waals surface area contributed by atoms with Gasteiger partial charge in [0.1, 0.15) is 5.25 Å². The van der Waals surface area contributed by atoms with Crippen LogP contribution < -0.4 is 9.47 Å². The predicted molar refractivity (Wildman–Crippen MR) is 77.6 cm³/mol. The van der Waals surface area contributed by atoms with Gasteiger partial charge in [0, 0.05) is 0 Å². The Labute approximate surface area is 132 Å². The first kappa shape index (κ1) is 15.1. The van der Waals surface area contributed by atoms with E-state index in [-0.39, 0.29) is 18.4 Å². The van der Waals surface area contributed by atoms with Crippen LogP contribution in [0.5, 0.6) is 11.5 Å². The largest absolute Gasteiger partial charge is 0.454 e. The second-order valence-electron chi connectivity index (χ2n) is 4.94. The zero-order valence-corrected chi connectivity index (χ0v) is 13.4. The van der Waals surface area contributed by atoms with E-state index in [0.29, 0.717) is 27.9 Å². The molecule has 0 amide bonds. The summed E-state index contributed by atoms with van der Waals surface area (Å²) in [6.07, 6.45) is 0. The molecule has 2 aromatic rings. The molecule has 0 unspecified atom stereocenters. The van der Waals surface area contributed by atoms with Crippen LogP contribution in [-0.2, 0) is 15.6 Å². The Morgan fingerprint density at radius 2 is 2.14 bits per heavy atom. The number of hydrogen-bond donors (Lipinski definition) is 0. The maximum atomic E-state index is 12.5. The van der Waals surface area contributed by atoms with Crippen LogP contribution in [0.2, 0.25) is 5.02 Å². The highest BCUT2D eigenvalue weighted by Crippen LogP contribution is 2.40. The summed E-state index contributed by atoms with van der Waals surface area (Å²) in [5.41, 5.74) is 0.511.